The molecule has 124 valence electrons. The smallest absolute Gasteiger partial charge is 0.279 e. The summed E-state index contributed by atoms with van der Waals surface area (Å²) in [6.07, 6.45) is 2.02. The average Bonchev–Trinajstić information content (AvgIpc) is 2.96. The number of hydrogen-bond donors (Lipinski definition) is 2. The van der Waals surface area contributed by atoms with Crippen molar-refractivity contribution in [2.24, 2.45) is 0 Å². The lowest BCUT2D eigenvalue weighted by molar-refractivity contribution is -0.885. The molecule has 6 heteroatoms. The molecule has 0 bridgehead atoms. The maximum absolute atomic E-state index is 12.2. The highest BCUT2D eigenvalue weighted by Crippen LogP contribution is 2.21. The topological polar surface area (TPSA) is 46.4 Å². The van der Waals surface area contributed by atoms with Gasteiger partial charge in [0.25, 0.3) is 5.91 Å². The van der Waals surface area contributed by atoms with E-state index in [1.165, 1.54) is 4.70 Å². The summed E-state index contributed by atoms with van der Waals surface area (Å²) < 4.78 is 1.19. The van der Waals surface area contributed by atoms with Crippen LogP contribution in [0.15, 0.2) is 53.4 Å². The van der Waals surface area contributed by atoms with Crippen LogP contribution in [0, 0.1) is 0 Å². The summed E-state index contributed by atoms with van der Waals surface area (Å²) in [7, 11) is 2.02. The third kappa shape index (κ3) is 4.35. The molecule has 0 aliphatic rings. The zero-order valence-corrected chi connectivity index (χ0v) is 15.3. The molecule has 1 heterocycles. The minimum atomic E-state index is 0.0202. The first-order valence-corrected chi connectivity index (χ1v) is 9.78. The van der Waals surface area contributed by atoms with Crippen molar-refractivity contribution in [3.05, 3.63) is 53.5 Å². The van der Waals surface area contributed by atoms with Crippen LogP contribution in [-0.4, -0.2) is 30.7 Å². The fourth-order valence-corrected chi connectivity index (χ4v) is 4.04. The third-order valence-corrected chi connectivity index (χ3v) is 5.37. The van der Waals surface area contributed by atoms with E-state index in [-0.39, 0.29) is 5.91 Å². The second-order valence-corrected chi connectivity index (χ2v) is 7.66. The summed E-state index contributed by atoms with van der Waals surface area (Å²) >= 11 is 3.36. The molecule has 0 spiro atoms. The first-order valence-electron chi connectivity index (χ1n) is 7.73. The van der Waals surface area contributed by atoms with E-state index < -0.39 is 0 Å². The van der Waals surface area contributed by atoms with Crippen LogP contribution in [0.5, 0.6) is 0 Å². The summed E-state index contributed by atoms with van der Waals surface area (Å²) in [5.74, 6) is 0.0202. The Morgan fingerprint density at radius 3 is 2.88 bits per heavy atom. The molecule has 2 N–H and O–H groups in total. The van der Waals surface area contributed by atoms with Crippen molar-refractivity contribution in [1.82, 2.24) is 4.98 Å². The van der Waals surface area contributed by atoms with Gasteiger partial charge in [0.15, 0.2) is 6.54 Å². The molecule has 3 aromatic rings. The summed E-state index contributed by atoms with van der Waals surface area (Å²) in [5, 5.41) is 4.03. The van der Waals surface area contributed by atoms with E-state index in [4.69, 9.17) is 0 Å². The number of hydrogen-bond acceptors (Lipinski definition) is 4. The number of nitrogens with one attached hydrogen (secondary N) is 2. The van der Waals surface area contributed by atoms with Crippen LogP contribution < -0.4 is 10.2 Å². The van der Waals surface area contributed by atoms with Gasteiger partial charge in [0.2, 0.25) is 0 Å². The minimum Gasteiger partial charge on any atom is -0.324 e. The standard InChI is InChI=1S/C18H19N3OS2/c1-21(12-18-20-15-8-3-4-9-16(15)24-18)11-17(22)19-13-6-5-7-14(10-13)23-2/h3-10H,11-12H2,1-2H3,(H,19,22)/p+1. The molecule has 1 amide bonds. The number of benzene rings is 2. The molecular weight excluding hydrogens is 338 g/mol. The van der Waals surface area contributed by atoms with Crippen molar-refractivity contribution in [2.75, 3.05) is 25.2 Å². The Kier molecular flexibility index (Phi) is 5.50. The lowest BCUT2D eigenvalue weighted by Crippen LogP contribution is -3.08. The number of amides is 1. The molecule has 0 aliphatic heterocycles. The summed E-state index contributed by atoms with van der Waals surface area (Å²) in [6, 6.07) is 16.0. The lowest BCUT2D eigenvalue weighted by atomic mass is 10.3. The number of rotatable bonds is 6. The Bertz CT molecular complexity index is 814. The first-order chi connectivity index (χ1) is 11.6. The van der Waals surface area contributed by atoms with E-state index in [1.807, 2.05) is 55.8 Å². The van der Waals surface area contributed by atoms with E-state index in [1.54, 1.807) is 23.1 Å². The van der Waals surface area contributed by atoms with Crippen LogP contribution in [0.2, 0.25) is 0 Å². The van der Waals surface area contributed by atoms with Gasteiger partial charge in [-0.2, -0.15) is 0 Å². The quantitative estimate of drug-likeness (QED) is 0.666. The fraction of sp³-hybridized carbons (Fsp3) is 0.222. The van der Waals surface area contributed by atoms with Gasteiger partial charge >= 0.3 is 0 Å². The summed E-state index contributed by atoms with van der Waals surface area (Å²) in [5.41, 5.74) is 1.88. The minimum absolute atomic E-state index is 0.0202. The first kappa shape index (κ1) is 17.0. The van der Waals surface area contributed by atoms with Gasteiger partial charge in [-0.1, -0.05) is 18.2 Å². The van der Waals surface area contributed by atoms with E-state index in [2.05, 4.69) is 16.4 Å². The molecule has 0 saturated heterocycles. The molecule has 0 radical (unpaired) electrons. The zero-order valence-electron chi connectivity index (χ0n) is 13.7. The van der Waals surface area contributed by atoms with Crippen molar-refractivity contribution >= 4 is 44.9 Å². The predicted molar refractivity (Wildman–Crippen MR) is 102 cm³/mol. The van der Waals surface area contributed by atoms with Gasteiger partial charge in [-0.05, 0) is 36.6 Å². The number of quaternary nitrogens is 1. The van der Waals surface area contributed by atoms with Crippen LogP contribution in [-0.2, 0) is 11.3 Å². The van der Waals surface area contributed by atoms with Gasteiger partial charge in [0, 0.05) is 10.6 Å². The van der Waals surface area contributed by atoms with Crippen molar-refractivity contribution in [2.45, 2.75) is 11.4 Å². The molecule has 0 aliphatic carbocycles. The fourth-order valence-electron chi connectivity index (χ4n) is 2.50. The third-order valence-electron chi connectivity index (χ3n) is 3.61. The Balaban J connectivity index is 1.57. The zero-order chi connectivity index (χ0) is 16.9. The predicted octanol–water partition coefficient (Wildman–Crippen LogP) is 2.67. The summed E-state index contributed by atoms with van der Waals surface area (Å²) in [6.45, 7) is 1.16. The van der Waals surface area contributed by atoms with Gasteiger partial charge in [-0.3, -0.25) is 4.79 Å². The average molecular weight is 359 g/mol. The van der Waals surface area contributed by atoms with E-state index >= 15 is 0 Å². The highest BCUT2D eigenvalue weighted by Gasteiger charge is 2.13. The molecule has 1 atom stereocenters. The monoisotopic (exact) mass is 358 g/mol. The van der Waals surface area contributed by atoms with Crippen LogP contribution in [0.25, 0.3) is 10.2 Å². The molecule has 1 aromatic heterocycles. The molecule has 0 saturated carbocycles. The number of para-hydroxylation sites is 1. The molecule has 2 aromatic carbocycles. The van der Waals surface area contributed by atoms with Crippen molar-refractivity contribution in [1.29, 1.82) is 0 Å². The molecule has 1 unspecified atom stereocenters. The maximum atomic E-state index is 12.2. The van der Waals surface area contributed by atoms with Gasteiger partial charge in [0.05, 0.1) is 17.3 Å². The second kappa shape index (κ2) is 7.79. The lowest BCUT2D eigenvalue weighted by Gasteiger charge is -2.12. The summed E-state index contributed by atoms with van der Waals surface area (Å²) in [4.78, 5) is 19.1. The van der Waals surface area contributed by atoms with Crippen LogP contribution in [0.3, 0.4) is 0 Å². The number of anilines is 1. The molecule has 3 rings (SSSR count). The van der Waals surface area contributed by atoms with Crippen molar-refractivity contribution in [3.63, 3.8) is 0 Å². The number of thiazole rings is 1. The highest BCUT2D eigenvalue weighted by atomic mass is 32.2. The molecule has 24 heavy (non-hydrogen) atoms. The van der Waals surface area contributed by atoms with Crippen LogP contribution in [0.4, 0.5) is 5.69 Å². The maximum Gasteiger partial charge on any atom is 0.279 e. The van der Waals surface area contributed by atoms with Gasteiger partial charge < -0.3 is 10.2 Å². The SMILES string of the molecule is CSc1cccc(NC(=O)C[NH+](C)Cc2nc3ccccc3s2)c1. The molecular formula is C18H20N3OS2+. The van der Waals surface area contributed by atoms with Crippen LogP contribution in [0.1, 0.15) is 5.01 Å². The second-order valence-electron chi connectivity index (χ2n) is 5.67. The Morgan fingerprint density at radius 1 is 1.25 bits per heavy atom. The van der Waals surface area contributed by atoms with Gasteiger partial charge in [0.1, 0.15) is 11.6 Å². The van der Waals surface area contributed by atoms with Gasteiger partial charge in [-0.25, -0.2) is 4.98 Å². The number of thioether (sulfide) groups is 1. The number of likely N-dealkylation sites (N-methyl/N-ethyl adjacent to an activating group) is 1. The normalized spacial score (nSPS) is 12.2. The van der Waals surface area contributed by atoms with E-state index in [0.717, 1.165) is 32.6 Å². The highest BCUT2D eigenvalue weighted by molar-refractivity contribution is 7.98. The van der Waals surface area contributed by atoms with Crippen molar-refractivity contribution < 1.29 is 9.69 Å². The Hall–Kier alpha value is -1.89. The largest absolute Gasteiger partial charge is 0.324 e. The number of fused-ring (bicyclic) bond motifs is 1. The van der Waals surface area contributed by atoms with Crippen LogP contribution >= 0.6 is 23.1 Å². The molecule has 4 nitrogen and oxygen atoms in total. The van der Waals surface area contributed by atoms with Crippen molar-refractivity contribution in [3.8, 4) is 0 Å². The number of aromatic nitrogens is 1. The van der Waals surface area contributed by atoms with E-state index in [9.17, 15) is 4.79 Å². The number of carbonyl (C=O) groups excluding carboxylic acids is 1. The van der Waals surface area contributed by atoms with E-state index in [0.29, 0.717) is 6.54 Å². The number of carbonyl (C=O) groups is 1. The Labute approximate surface area is 149 Å². The number of nitrogens with zero attached hydrogens (tertiary/aromatic N) is 1. The van der Waals surface area contributed by atoms with Gasteiger partial charge in [-0.15, -0.1) is 23.1 Å². The molecule has 0 fully saturated rings. The Morgan fingerprint density at radius 2 is 2.08 bits per heavy atom.